The number of hydrogen-bond acceptors (Lipinski definition) is 4. The summed E-state index contributed by atoms with van der Waals surface area (Å²) >= 11 is 0. The maximum atomic E-state index is 12.5. The molecule has 2 aromatic carbocycles. The standard InChI is InChI=1S/C17H18O4S/c1-22(19,20)21-16(13-12-14-8-4-2-5-9-14)17(18)15-10-6-3-7-11-15/h2-11,16H,12-13H2,1H3. The molecule has 0 heterocycles. The van der Waals surface area contributed by atoms with Gasteiger partial charge in [0.1, 0.15) is 6.10 Å². The second kappa shape index (κ2) is 7.33. The van der Waals surface area contributed by atoms with Gasteiger partial charge >= 0.3 is 0 Å². The summed E-state index contributed by atoms with van der Waals surface area (Å²) in [5.41, 5.74) is 1.48. The fourth-order valence-corrected chi connectivity index (χ4v) is 2.77. The number of hydrogen-bond donors (Lipinski definition) is 0. The Kier molecular flexibility index (Phi) is 5.46. The van der Waals surface area contributed by atoms with Gasteiger partial charge in [-0.05, 0) is 18.4 Å². The average Bonchev–Trinajstić information content (AvgIpc) is 2.51. The average molecular weight is 318 g/mol. The minimum atomic E-state index is -3.70. The molecular weight excluding hydrogens is 300 g/mol. The van der Waals surface area contributed by atoms with Crippen molar-refractivity contribution in [1.82, 2.24) is 0 Å². The number of Topliss-reactive ketones (excluding diaryl/α,β-unsaturated/α-hetero) is 1. The first-order chi connectivity index (χ1) is 10.5. The van der Waals surface area contributed by atoms with Crippen LogP contribution in [0.3, 0.4) is 0 Å². The Morgan fingerprint density at radius 3 is 2.09 bits per heavy atom. The summed E-state index contributed by atoms with van der Waals surface area (Å²) in [6, 6.07) is 18.2. The number of carbonyl (C=O) groups excluding carboxylic acids is 1. The molecular formula is C17H18O4S. The SMILES string of the molecule is CS(=O)(=O)OC(CCc1ccccc1)C(=O)c1ccccc1. The molecule has 0 aliphatic carbocycles. The second-order valence-electron chi connectivity index (χ2n) is 5.04. The lowest BCUT2D eigenvalue weighted by Crippen LogP contribution is -2.27. The van der Waals surface area contributed by atoms with Crippen molar-refractivity contribution in [3.63, 3.8) is 0 Å². The van der Waals surface area contributed by atoms with Crippen LogP contribution in [0.4, 0.5) is 0 Å². The molecule has 0 aliphatic rings. The maximum Gasteiger partial charge on any atom is 0.265 e. The van der Waals surface area contributed by atoms with Crippen molar-refractivity contribution in [2.24, 2.45) is 0 Å². The van der Waals surface area contributed by atoms with Crippen LogP contribution in [0.25, 0.3) is 0 Å². The molecule has 0 saturated heterocycles. The van der Waals surface area contributed by atoms with Crippen LogP contribution in [0.5, 0.6) is 0 Å². The Hall–Kier alpha value is -1.98. The number of ketones is 1. The second-order valence-corrected chi connectivity index (χ2v) is 6.64. The molecule has 22 heavy (non-hydrogen) atoms. The summed E-state index contributed by atoms with van der Waals surface area (Å²) in [5.74, 6) is -0.318. The highest BCUT2D eigenvalue weighted by molar-refractivity contribution is 7.86. The zero-order chi connectivity index (χ0) is 16.0. The lowest BCUT2D eigenvalue weighted by Gasteiger charge is -2.15. The first-order valence-corrected chi connectivity index (χ1v) is 8.79. The van der Waals surface area contributed by atoms with Crippen LogP contribution >= 0.6 is 0 Å². The normalized spacial score (nSPS) is 12.8. The Balaban J connectivity index is 2.14. The van der Waals surface area contributed by atoms with Gasteiger partial charge in [-0.15, -0.1) is 0 Å². The molecule has 1 unspecified atom stereocenters. The van der Waals surface area contributed by atoms with Gasteiger partial charge in [-0.1, -0.05) is 60.7 Å². The van der Waals surface area contributed by atoms with Crippen molar-refractivity contribution in [3.8, 4) is 0 Å². The van der Waals surface area contributed by atoms with E-state index in [1.807, 2.05) is 30.3 Å². The lowest BCUT2D eigenvalue weighted by molar-refractivity contribution is 0.0790. The van der Waals surface area contributed by atoms with E-state index in [4.69, 9.17) is 4.18 Å². The van der Waals surface area contributed by atoms with E-state index < -0.39 is 16.2 Å². The van der Waals surface area contributed by atoms with Crippen LogP contribution in [0.1, 0.15) is 22.3 Å². The van der Waals surface area contributed by atoms with Gasteiger partial charge in [-0.3, -0.25) is 8.98 Å². The summed E-state index contributed by atoms with van der Waals surface area (Å²) in [6.45, 7) is 0. The van der Waals surface area contributed by atoms with Gasteiger partial charge in [-0.25, -0.2) is 0 Å². The van der Waals surface area contributed by atoms with Crippen LogP contribution in [-0.4, -0.2) is 26.6 Å². The minimum absolute atomic E-state index is 0.310. The highest BCUT2D eigenvalue weighted by atomic mass is 32.2. The number of carbonyl (C=O) groups is 1. The zero-order valence-electron chi connectivity index (χ0n) is 12.3. The van der Waals surface area contributed by atoms with Crippen molar-refractivity contribution in [2.75, 3.05) is 6.26 Å². The lowest BCUT2D eigenvalue weighted by atomic mass is 10.0. The van der Waals surface area contributed by atoms with Crippen LogP contribution in [0.2, 0.25) is 0 Å². The largest absolute Gasteiger partial charge is 0.291 e. The van der Waals surface area contributed by atoms with E-state index in [2.05, 4.69) is 0 Å². The van der Waals surface area contributed by atoms with Crippen molar-refractivity contribution >= 4 is 15.9 Å². The van der Waals surface area contributed by atoms with E-state index in [0.717, 1.165) is 11.8 Å². The van der Waals surface area contributed by atoms with Gasteiger partial charge in [0.2, 0.25) is 0 Å². The van der Waals surface area contributed by atoms with Crippen LogP contribution in [0.15, 0.2) is 60.7 Å². The third kappa shape index (κ3) is 5.09. The van der Waals surface area contributed by atoms with Gasteiger partial charge in [0, 0.05) is 5.56 Å². The number of rotatable bonds is 7. The molecule has 4 nitrogen and oxygen atoms in total. The predicted molar refractivity (Wildman–Crippen MR) is 85.3 cm³/mol. The summed E-state index contributed by atoms with van der Waals surface area (Å²) in [4.78, 5) is 12.5. The van der Waals surface area contributed by atoms with Crippen molar-refractivity contribution < 1.29 is 17.4 Å². The first kappa shape index (κ1) is 16.4. The van der Waals surface area contributed by atoms with Gasteiger partial charge in [-0.2, -0.15) is 8.42 Å². The molecule has 0 N–H and O–H groups in total. The molecule has 1 atom stereocenters. The molecule has 0 aromatic heterocycles. The van der Waals surface area contributed by atoms with E-state index in [1.54, 1.807) is 30.3 Å². The summed E-state index contributed by atoms with van der Waals surface area (Å²) in [5, 5.41) is 0. The van der Waals surface area contributed by atoms with E-state index in [-0.39, 0.29) is 5.78 Å². The smallest absolute Gasteiger partial charge is 0.265 e. The topological polar surface area (TPSA) is 60.4 Å². The van der Waals surface area contributed by atoms with Crippen LogP contribution in [0, 0.1) is 0 Å². The molecule has 0 aliphatic heterocycles. The van der Waals surface area contributed by atoms with E-state index in [1.165, 1.54) is 0 Å². The molecule has 2 rings (SSSR count). The Labute approximate surface area is 130 Å². The summed E-state index contributed by atoms with van der Waals surface area (Å²) in [7, 11) is -3.70. The molecule has 0 amide bonds. The molecule has 0 spiro atoms. The maximum absolute atomic E-state index is 12.5. The predicted octanol–water partition coefficient (Wildman–Crippen LogP) is 2.85. The van der Waals surface area contributed by atoms with E-state index >= 15 is 0 Å². The quantitative estimate of drug-likeness (QED) is 0.582. The van der Waals surface area contributed by atoms with E-state index in [0.29, 0.717) is 18.4 Å². The first-order valence-electron chi connectivity index (χ1n) is 6.97. The molecule has 0 bridgehead atoms. The molecule has 2 aromatic rings. The minimum Gasteiger partial charge on any atom is -0.291 e. The van der Waals surface area contributed by atoms with Gasteiger partial charge in [0.15, 0.2) is 5.78 Å². The van der Waals surface area contributed by atoms with Crippen molar-refractivity contribution in [3.05, 3.63) is 71.8 Å². The number of benzene rings is 2. The summed E-state index contributed by atoms with van der Waals surface area (Å²) < 4.78 is 27.8. The molecule has 5 heteroatoms. The molecule has 0 radical (unpaired) electrons. The highest BCUT2D eigenvalue weighted by Gasteiger charge is 2.24. The van der Waals surface area contributed by atoms with Crippen LogP contribution in [-0.2, 0) is 20.7 Å². The zero-order valence-corrected chi connectivity index (χ0v) is 13.1. The third-order valence-corrected chi connectivity index (χ3v) is 3.76. The molecule has 116 valence electrons. The monoisotopic (exact) mass is 318 g/mol. The van der Waals surface area contributed by atoms with E-state index in [9.17, 15) is 13.2 Å². The fraction of sp³-hybridized carbons (Fsp3) is 0.235. The number of aryl methyl sites for hydroxylation is 1. The molecule has 0 saturated carbocycles. The van der Waals surface area contributed by atoms with Gasteiger partial charge in [0.25, 0.3) is 10.1 Å². The molecule has 0 fully saturated rings. The van der Waals surface area contributed by atoms with Gasteiger partial charge in [0.05, 0.1) is 6.26 Å². The third-order valence-electron chi connectivity index (χ3n) is 3.18. The van der Waals surface area contributed by atoms with Crippen molar-refractivity contribution in [2.45, 2.75) is 18.9 Å². The fourth-order valence-electron chi connectivity index (χ4n) is 2.16. The Morgan fingerprint density at radius 2 is 1.55 bits per heavy atom. The highest BCUT2D eigenvalue weighted by Crippen LogP contribution is 2.15. The Bertz CT molecular complexity index is 709. The van der Waals surface area contributed by atoms with Crippen molar-refractivity contribution in [1.29, 1.82) is 0 Å². The van der Waals surface area contributed by atoms with Gasteiger partial charge < -0.3 is 0 Å². The Morgan fingerprint density at radius 1 is 1.00 bits per heavy atom. The summed E-state index contributed by atoms with van der Waals surface area (Å²) in [6.07, 6.45) is 0.836. The van der Waals surface area contributed by atoms with Crippen LogP contribution < -0.4 is 0 Å².